The molecular weight excluding hydrogens is 220 g/mol. The van der Waals surface area contributed by atoms with Crippen molar-refractivity contribution in [1.29, 1.82) is 0 Å². The lowest BCUT2D eigenvalue weighted by molar-refractivity contribution is 0.267. The van der Waals surface area contributed by atoms with E-state index in [0.717, 1.165) is 24.3 Å². The van der Waals surface area contributed by atoms with Crippen molar-refractivity contribution in [3.8, 4) is 0 Å². The van der Waals surface area contributed by atoms with Gasteiger partial charge in [-0.3, -0.25) is 0 Å². The minimum atomic E-state index is 0.814. The molecule has 0 spiro atoms. The van der Waals surface area contributed by atoms with Crippen LogP contribution in [0.15, 0.2) is 0 Å². The van der Waals surface area contributed by atoms with Crippen molar-refractivity contribution < 1.29 is 0 Å². The summed E-state index contributed by atoms with van der Waals surface area (Å²) in [4.78, 5) is 0. The second kappa shape index (κ2) is 9.80. The Balaban J connectivity index is 2.06. The van der Waals surface area contributed by atoms with E-state index in [9.17, 15) is 0 Å². The maximum atomic E-state index is 5.74. The molecule has 1 aliphatic rings. The maximum Gasteiger partial charge on any atom is -0.00204 e. The molecule has 1 aliphatic carbocycles. The molecular formula is C16H34N2. The predicted molar refractivity (Wildman–Crippen MR) is 80.7 cm³/mol. The molecule has 2 nitrogen and oxygen atoms in total. The first-order valence-electron chi connectivity index (χ1n) is 8.20. The van der Waals surface area contributed by atoms with Gasteiger partial charge in [0.1, 0.15) is 0 Å². The first-order chi connectivity index (χ1) is 8.80. The van der Waals surface area contributed by atoms with Crippen molar-refractivity contribution in [2.45, 2.75) is 65.2 Å². The molecule has 1 rings (SSSR count). The summed E-state index contributed by atoms with van der Waals surface area (Å²) in [6, 6.07) is 0. The van der Waals surface area contributed by atoms with Crippen molar-refractivity contribution >= 4 is 0 Å². The topological polar surface area (TPSA) is 38.0 Å². The van der Waals surface area contributed by atoms with Crippen LogP contribution in [-0.2, 0) is 0 Å². The molecule has 1 unspecified atom stereocenters. The van der Waals surface area contributed by atoms with Gasteiger partial charge in [-0.1, -0.05) is 33.1 Å². The van der Waals surface area contributed by atoms with Gasteiger partial charge in [0.25, 0.3) is 0 Å². The maximum absolute atomic E-state index is 5.74. The molecule has 2 heteroatoms. The van der Waals surface area contributed by atoms with Crippen molar-refractivity contribution in [3.05, 3.63) is 0 Å². The Labute approximate surface area is 114 Å². The van der Waals surface area contributed by atoms with Crippen molar-refractivity contribution in [1.82, 2.24) is 5.32 Å². The van der Waals surface area contributed by atoms with Gasteiger partial charge in [-0.2, -0.15) is 0 Å². The van der Waals surface area contributed by atoms with Crippen LogP contribution in [0.5, 0.6) is 0 Å². The summed E-state index contributed by atoms with van der Waals surface area (Å²) in [6.07, 6.45) is 10.9. The number of nitrogens with two attached hydrogens (primary N) is 1. The Morgan fingerprint density at radius 3 is 2.33 bits per heavy atom. The third kappa shape index (κ3) is 6.19. The fourth-order valence-electron chi connectivity index (χ4n) is 3.11. The van der Waals surface area contributed by atoms with Crippen LogP contribution in [0, 0.1) is 17.8 Å². The zero-order chi connectivity index (χ0) is 13.2. The van der Waals surface area contributed by atoms with Crippen LogP contribution < -0.4 is 11.1 Å². The van der Waals surface area contributed by atoms with Gasteiger partial charge in [0.15, 0.2) is 0 Å². The lowest BCUT2D eigenvalue weighted by atomic mass is 9.82. The van der Waals surface area contributed by atoms with Gasteiger partial charge in [-0.25, -0.2) is 0 Å². The van der Waals surface area contributed by atoms with E-state index in [2.05, 4.69) is 19.2 Å². The Hall–Kier alpha value is -0.0800. The van der Waals surface area contributed by atoms with E-state index >= 15 is 0 Å². The van der Waals surface area contributed by atoms with Gasteiger partial charge >= 0.3 is 0 Å². The molecule has 0 radical (unpaired) electrons. The summed E-state index contributed by atoms with van der Waals surface area (Å²) in [5.41, 5.74) is 5.74. The van der Waals surface area contributed by atoms with E-state index in [1.807, 2.05) is 0 Å². The van der Waals surface area contributed by atoms with E-state index in [0.29, 0.717) is 0 Å². The highest BCUT2D eigenvalue weighted by atomic mass is 14.9. The minimum Gasteiger partial charge on any atom is -0.330 e. The van der Waals surface area contributed by atoms with Crippen LogP contribution >= 0.6 is 0 Å². The van der Waals surface area contributed by atoms with Gasteiger partial charge in [0.2, 0.25) is 0 Å². The molecule has 0 bridgehead atoms. The lowest BCUT2D eigenvalue weighted by Gasteiger charge is -2.28. The second-order valence-corrected chi connectivity index (χ2v) is 6.20. The summed E-state index contributed by atoms with van der Waals surface area (Å²) in [5, 5.41) is 3.72. The molecule has 1 fully saturated rings. The van der Waals surface area contributed by atoms with Gasteiger partial charge in [0.05, 0.1) is 0 Å². The molecule has 108 valence electrons. The van der Waals surface area contributed by atoms with Gasteiger partial charge in [0, 0.05) is 0 Å². The van der Waals surface area contributed by atoms with Crippen molar-refractivity contribution in [2.24, 2.45) is 23.5 Å². The molecule has 0 aliphatic heterocycles. The highest BCUT2D eigenvalue weighted by Gasteiger charge is 2.19. The van der Waals surface area contributed by atoms with Crippen LogP contribution in [0.2, 0.25) is 0 Å². The lowest BCUT2D eigenvalue weighted by Crippen LogP contribution is -2.31. The first kappa shape index (κ1) is 16.0. The average Bonchev–Trinajstić information content (AvgIpc) is 2.43. The van der Waals surface area contributed by atoms with Crippen LogP contribution in [0.1, 0.15) is 65.2 Å². The van der Waals surface area contributed by atoms with Crippen LogP contribution in [0.4, 0.5) is 0 Å². The van der Waals surface area contributed by atoms with E-state index in [1.165, 1.54) is 64.5 Å². The smallest absolute Gasteiger partial charge is 0.00204 e. The Kier molecular flexibility index (Phi) is 8.70. The van der Waals surface area contributed by atoms with Gasteiger partial charge in [-0.15, -0.1) is 0 Å². The predicted octanol–water partition coefficient (Wildman–Crippen LogP) is 3.56. The second-order valence-electron chi connectivity index (χ2n) is 6.20. The van der Waals surface area contributed by atoms with Gasteiger partial charge in [-0.05, 0) is 69.5 Å². The van der Waals surface area contributed by atoms with Crippen LogP contribution in [0.25, 0.3) is 0 Å². The number of nitrogens with one attached hydrogen (secondary N) is 1. The molecule has 1 saturated carbocycles. The molecule has 0 aromatic rings. The quantitative estimate of drug-likeness (QED) is 0.660. The summed E-state index contributed by atoms with van der Waals surface area (Å²) in [5.74, 6) is 2.62. The fraction of sp³-hybridized carbons (Fsp3) is 1.00. The Morgan fingerprint density at radius 1 is 1.11 bits per heavy atom. The Bertz CT molecular complexity index is 186. The normalized spacial score (nSPS) is 26.2. The minimum absolute atomic E-state index is 0.814. The third-order valence-electron chi connectivity index (χ3n) is 4.71. The molecule has 3 N–H and O–H groups in total. The zero-order valence-corrected chi connectivity index (χ0v) is 12.6. The first-order valence-corrected chi connectivity index (χ1v) is 8.20. The number of hydrogen-bond acceptors (Lipinski definition) is 2. The molecule has 0 heterocycles. The standard InChI is InChI=1S/C16H34N2/c1-3-5-6-14(4-2)12-18-13-16-9-7-15(11-17)8-10-16/h14-16,18H,3-13,17H2,1-2H3. The fourth-order valence-corrected chi connectivity index (χ4v) is 3.11. The summed E-state index contributed by atoms with van der Waals surface area (Å²) in [6.45, 7) is 7.98. The monoisotopic (exact) mass is 254 g/mol. The Morgan fingerprint density at radius 2 is 1.78 bits per heavy atom. The van der Waals surface area contributed by atoms with Crippen LogP contribution in [0.3, 0.4) is 0 Å². The van der Waals surface area contributed by atoms with Crippen LogP contribution in [-0.4, -0.2) is 19.6 Å². The van der Waals surface area contributed by atoms with E-state index in [1.54, 1.807) is 0 Å². The summed E-state index contributed by atoms with van der Waals surface area (Å²) in [7, 11) is 0. The summed E-state index contributed by atoms with van der Waals surface area (Å²) >= 11 is 0. The molecule has 0 saturated heterocycles. The largest absolute Gasteiger partial charge is 0.330 e. The van der Waals surface area contributed by atoms with Crippen molar-refractivity contribution in [2.75, 3.05) is 19.6 Å². The molecule has 0 aromatic carbocycles. The SMILES string of the molecule is CCCCC(CC)CNCC1CCC(CN)CC1. The molecule has 0 aromatic heterocycles. The zero-order valence-electron chi connectivity index (χ0n) is 12.6. The highest BCUT2D eigenvalue weighted by Crippen LogP contribution is 2.27. The van der Waals surface area contributed by atoms with E-state index in [-0.39, 0.29) is 0 Å². The van der Waals surface area contributed by atoms with E-state index in [4.69, 9.17) is 5.73 Å². The molecule has 18 heavy (non-hydrogen) atoms. The number of rotatable bonds is 9. The van der Waals surface area contributed by atoms with Gasteiger partial charge < -0.3 is 11.1 Å². The summed E-state index contributed by atoms with van der Waals surface area (Å²) < 4.78 is 0. The average molecular weight is 254 g/mol. The van der Waals surface area contributed by atoms with E-state index < -0.39 is 0 Å². The number of unbranched alkanes of at least 4 members (excludes halogenated alkanes) is 1. The molecule has 0 amide bonds. The van der Waals surface area contributed by atoms with Crippen molar-refractivity contribution in [3.63, 3.8) is 0 Å². The highest BCUT2D eigenvalue weighted by molar-refractivity contribution is 4.75. The number of hydrogen-bond donors (Lipinski definition) is 2. The molecule has 1 atom stereocenters. The third-order valence-corrected chi connectivity index (χ3v) is 4.71.